The quantitative estimate of drug-likeness (QED) is 0.413. The van der Waals surface area contributed by atoms with E-state index in [9.17, 15) is 5.11 Å². The summed E-state index contributed by atoms with van der Waals surface area (Å²) >= 11 is 0. The van der Waals surface area contributed by atoms with E-state index in [1.165, 1.54) is 32.1 Å². The van der Waals surface area contributed by atoms with E-state index >= 15 is 0 Å². The van der Waals surface area contributed by atoms with Crippen molar-refractivity contribution < 1.29 is 5.11 Å². The van der Waals surface area contributed by atoms with Crippen LogP contribution < -0.4 is 0 Å². The van der Waals surface area contributed by atoms with Crippen molar-refractivity contribution in [3.63, 3.8) is 0 Å². The Bertz CT molecular complexity index is 856. The van der Waals surface area contributed by atoms with Gasteiger partial charge in [-0.15, -0.1) is 0 Å². The van der Waals surface area contributed by atoms with Gasteiger partial charge in [-0.05, 0) is 115 Å². The van der Waals surface area contributed by atoms with Gasteiger partial charge in [0.25, 0.3) is 0 Å². The first-order valence-corrected chi connectivity index (χ1v) is 14.1. The second kappa shape index (κ2) is 8.39. The fourth-order valence-corrected chi connectivity index (χ4v) is 9.31. The molecule has 1 nitrogen and oxygen atoms in total. The maximum Gasteiger partial charge on any atom is 0.0594 e. The Morgan fingerprint density at radius 3 is 2.36 bits per heavy atom. The Labute approximate surface area is 205 Å². The molecule has 2 saturated carbocycles. The van der Waals surface area contributed by atoms with E-state index in [4.69, 9.17) is 0 Å². The normalized spacial score (nSPS) is 43.4. The molecule has 0 radical (unpaired) electrons. The Morgan fingerprint density at radius 2 is 1.73 bits per heavy atom. The number of allylic oxidation sites excluding steroid dienone is 6. The topological polar surface area (TPSA) is 20.2 Å². The molecule has 1 N–H and O–H groups in total. The van der Waals surface area contributed by atoms with Crippen LogP contribution in [0.3, 0.4) is 0 Å². The van der Waals surface area contributed by atoms with Gasteiger partial charge in [0.15, 0.2) is 0 Å². The van der Waals surface area contributed by atoms with Crippen molar-refractivity contribution in [1.82, 2.24) is 0 Å². The molecule has 4 rings (SSSR count). The lowest BCUT2D eigenvalue weighted by Crippen LogP contribution is -2.54. The van der Waals surface area contributed by atoms with Gasteiger partial charge < -0.3 is 5.11 Å². The molecule has 0 unspecified atom stereocenters. The van der Waals surface area contributed by atoms with Gasteiger partial charge in [0.05, 0.1) is 6.10 Å². The van der Waals surface area contributed by atoms with Crippen molar-refractivity contribution in [3.8, 4) is 0 Å². The molecule has 0 aliphatic heterocycles. The van der Waals surface area contributed by atoms with E-state index in [0.29, 0.717) is 22.7 Å². The molecule has 4 aliphatic carbocycles. The molecule has 0 aromatic rings. The standard InChI is InChI=1S/C32H52O/c1-10-23(21(2)3)12-11-22(4)24-15-19-32(9)26-13-14-27-29(5,6)28(33)17-18-30(27,7)25(26)16-20-31(24,32)8/h10,13,16,21-22,24,27-28,33H,11-12,14-15,17-20H2,1-9H3/b23-10-/t22-,24-,27+,28+,30-,31-,32+/m1/s1. The largest absolute Gasteiger partial charge is 0.393 e. The lowest BCUT2D eigenvalue weighted by Gasteiger charge is -2.61. The Balaban J connectivity index is 1.62. The molecule has 0 heterocycles. The summed E-state index contributed by atoms with van der Waals surface area (Å²) in [5.74, 6) is 2.80. The van der Waals surface area contributed by atoms with E-state index in [1.807, 2.05) is 0 Å². The lowest BCUT2D eigenvalue weighted by atomic mass is 9.44. The third-order valence-electron chi connectivity index (χ3n) is 12.0. The zero-order valence-electron chi connectivity index (χ0n) is 23.2. The number of hydrogen-bond donors (Lipinski definition) is 1. The summed E-state index contributed by atoms with van der Waals surface area (Å²) in [7, 11) is 0. The average molecular weight is 453 g/mol. The van der Waals surface area contributed by atoms with Gasteiger partial charge >= 0.3 is 0 Å². The molecular formula is C32H52O. The van der Waals surface area contributed by atoms with Crippen LogP contribution in [0.2, 0.25) is 0 Å². The van der Waals surface area contributed by atoms with Crippen LogP contribution in [-0.2, 0) is 0 Å². The van der Waals surface area contributed by atoms with Crippen molar-refractivity contribution >= 4 is 0 Å². The predicted molar refractivity (Wildman–Crippen MR) is 142 cm³/mol. The summed E-state index contributed by atoms with van der Waals surface area (Å²) in [5.41, 5.74) is 5.88. The van der Waals surface area contributed by atoms with Crippen LogP contribution in [0.5, 0.6) is 0 Å². The van der Waals surface area contributed by atoms with Gasteiger partial charge in [-0.2, -0.15) is 0 Å². The Hall–Kier alpha value is -0.820. The van der Waals surface area contributed by atoms with Crippen LogP contribution in [0.15, 0.2) is 34.9 Å². The van der Waals surface area contributed by atoms with Crippen molar-refractivity contribution in [2.45, 2.75) is 120 Å². The van der Waals surface area contributed by atoms with Gasteiger partial charge in [-0.1, -0.05) is 79.2 Å². The summed E-state index contributed by atoms with van der Waals surface area (Å²) in [5, 5.41) is 10.8. The summed E-state index contributed by atoms with van der Waals surface area (Å²) in [4.78, 5) is 0. The molecule has 7 atom stereocenters. The maximum absolute atomic E-state index is 10.8. The minimum atomic E-state index is -0.167. The van der Waals surface area contributed by atoms with Crippen LogP contribution in [0, 0.1) is 45.3 Å². The van der Waals surface area contributed by atoms with Crippen LogP contribution in [0.4, 0.5) is 0 Å². The fourth-order valence-electron chi connectivity index (χ4n) is 9.31. The second-order valence-electron chi connectivity index (χ2n) is 14.0. The minimum Gasteiger partial charge on any atom is -0.393 e. The highest BCUT2D eigenvalue weighted by Gasteiger charge is 2.62. The molecule has 0 saturated heterocycles. The molecule has 0 amide bonds. The smallest absolute Gasteiger partial charge is 0.0594 e. The zero-order chi connectivity index (χ0) is 24.4. The lowest BCUT2D eigenvalue weighted by molar-refractivity contribution is -0.0851. The van der Waals surface area contributed by atoms with Gasteiger partial charge in [0.2, 0.25) is 0 Å². The number of rotatable bonds is 5. The van der Waals surface area contributed by atoms with Crippen molar-refractivity contribution in [2.24, 2.45) is 45.3 Å². The summed E-state index contributed by atoms with van der Waals surface area (Å²) in [6.07, 6.45) is 17.3. The first-order chi connectivity index (χ1) is 15.3. The molecular weight excluding hydrogens is 400 g/mol. The summed E-state index contributed by atoms with van der Waals surface area (Å²) < 4.78 is 0. The third kappa shape index (κ3) is 3.57. The highest BCUT2D eigenvalue weighted by atomic mass is 16.3. The molecule has 33 heavy (non-hydrogen) atoms. The first-order valence-electron chi connectivity index (χ1n) is 14.1. The van der Waals surface area contributed by atoms with E-state index in [2.05, 4.69) is 80.5 Å². The van der Waals surface area contributed by atoms with E-state index in [-0.39, 0.29) is 16.9 Å². The van der Waals surface area contributed by atoms with Gasteiger partial charge in [-0.3, -0.25) is 0 Å². The second-order valence-corrected chi connectivity index (χ2v) is 14.0. The van der Waals surface area contributed by atoms with E-state index in [0.717, 1.165) is 31.1 Å². The molecule has 0 bridgehead atoms. The van der Waals surface area contributed by atoms with Crippen molar-refractivity contribution in [3.05, 3.63) is 34.9 Å². The predicted octanol–water partition coefficient (Wildman–Crippen LogP) is 8.89. The molecule has 186 valence electrons. The average Bonchev–Trinajstić information content (AvgIpc) is 3.03. The number of aliphatic hydroxyl groups excluding tert-OH is 1. The molecule has 0 spiro atoms. The first kappa shape index (κ1) is 25.3. The van der Waals surface area contributed by atoms with E-state index in [1.54, 1.807) is 16.7 Å². The number of fused-ring (bicyclic) bond motifs is 5. The molecule has 0 aromatic heterocycles. The van der Waals surface area contributed by atoms with Crippen molar-refractivity contribution in [1.29, 1.82) is 0 Å². The van der Waals surface area contributed by atoms with Gasteiger partial charge in [0, 0.05) is 0 Å². The van der Waals surface area contributed by atoms with Crippen molar-refractivity contribution in [2.75, 3.05) is 0 Å². The summed E-state index contributed by atoms with van der Waals surface area (Å²) in [6, 6.07) is 0. The van der Waals surface area contributed by atoms with Crippen LogP contribution in [-0.4, -0.2) is 11.2 Å². The Kier molecular flexibility index (Phi) is 6.43. The monoisotopic (exact) mass is 452 g/mol. The zero-order valence-corrected chi connectivity index (χ0v) is 23.2. The summed E-state index contributed by atoms with van der Waals surface area (Å²) in [6.45, 7) is 21.9. The van der Waals surface area contributed by atoms with Crippen LogP contribution in [0.1, 0.15) is 114 Å². The number of hydrogen-bond acceptors (Lipinski definition) is 1. The Morgan fingerprint density at radius 1 is 1.03 bits per heavy atom. The van der Waals surface area contributed by atoms with Gasteiger partial charge in [-0.25, -0.2) is 0 Å². The highest BCUT2D eigenvalue weighted by molar-refractivity contribution is 5.49. The fraction of sp³-hybridized carbons (Fsp3) is 0.812. The molecule has 2 fully saturated rings. The maximum atomic E-state index is 10.8. The SMILES string of the molecule is C/C=C(/CC[C@@H](C)[C@H]1CC[C@@]2(C)C3=CC[C@H]4C(C)(C)[C@@H](O)CC[C@]4(C)C3=CC[C@]12C)C(C)C. The minimum absolute atomic E-state index is 0.00876. The van der Waals surface area contributed by atoms with Crippen LogP contribution in [0.25, 0.3) is 0 Å². The highest BCUT2D eigenvalue weighted by Crippen LogP contribution is 2.71. The molecule has 1 heteroatoms. The molecule has 4 aliphatic rings. The third-order valence-corrected chi connectivity index (χ3v) is 12.0. The molecule has 0 aromatic carbocycles. The van der Waals surface area contributed by atoms with Crippen LogP contribution >= 0.6 is 0 Å². The van der Waals surface area contributed by atoms with Gasteiger partial charge in [0.1, 0.15) is 0 Å². The van der Waals surface area contributed by atoms with E-state index < -0.39 is 0 Å². The number of aliphatic hydroxyl groups is 1.